The molecule has 3 heterocycles. The molecule has 1 aliphatic heterocycles. The molecule has 5 aromatic rings. The second-order valence-corrected chi connectivity index (χ2v) is 11.0. The molecule has 0 unspecified atom stereocenters. The highest BCUT2D eigenvalue weighted by atomic mass is 32.1. The molecule has 6 rings (SSSR count). The lowest BCUT2D eigenvalue weighted by Gasteiger charge is -2.28. The Morgan fingerprint density at radius 3 is 2.54 bits per heavy atom. The predicted molar refractivity (Wildman–Crippen MR) is 169 cm³/mol. The van der Waals surface area contributed by atoms with Gasteiger partial charge in [-0.1, -0.05) is 54.6 Å². The largest absolute Gasteiger partial charge is 0.352 e. The molecule has 2 N–H and O–H groups in total. The number of fused-ring (bicyclic) bond motifs is 1. The summed E-state index contributed by atoms with van der Waals surface area (Å²) in [6.45, 7) is 6.81. The summed E-state index contributed by atoms with van der Waals surface area (Å²) in [6, 6.07) is 30.7. The lowest BCUT2D eigenvalue weighted by Crippen LogP contribution is -2.32. The molecule has 0 saturated carbocycles. The number of hydrogen-bond acceptors (Lipinski definition) is 3. The highest BCUT2D eigenvalue weighted by molar-refractivity contribution is 7.80. The lowest BCUT2D eigenvalue weighted by molar-refractivity contribution is -0.116. The van der Waals surface area contributed by atoms with Crippen LogP contribution >= 0.6 is 12.2 Å². The van der Waals surface area contributed by atoms with Crippen LogP contribution in [0.2, 0.25) is 0 Å². The minimum Gasteiger partial charge on any atom is -0.352 e. The first kappa shape index (κ1) is 26.7. The Kier molecular flexibility index (Phi) is 7.28. The van der Waals surface area contributed by atoms with Gasteiger partial charge in [-0.15, -0.1) is 0 Å². The van der Waals surface area contributed by atoms with Crippen molar-refractivity contribution in [3.63, 3.8) is 0 Å². The van der Waals surface area contributed by atoms with E-state index in [1.807, 2.05) is 55.6 Å². The van der Waals surface area contributed by atoms with Crippen molar-refractivity contribution in [2.45, 2.75) is 39.3 Å². The van der Waals surface area contributed by atoms with Crippen LogP contribution in [0.1, 0.15) is 46.7 Å². The fourth-order valence-corrected chi connectivity index (χ4v) is 6.35. The zero-order valence-corrected chi connectivity index (χ0v) is 24.3. The van der Waals surface area contributed by atoms with Crippen LogP contribution in [0.15, 0.2) is 97.2 Å². The molecule has 0 bridgehead atoms. The van der Waals surface area contributed by atoms with Crippen molar-refractivity contribution in [2.75, 3.05) is 11.9 Å². The average molecular weight is 560 g/mol. The number of hydrogen-bond donors (Lipinski definition) is 2. The predicted octanol–water partition coefficient (Wildman–Crippen LogP) is 6.95. The van der Waals surface area contributed by atoms with Crippen molar-refractivity contribution in [2.24, 2.45) is 0 Å². The molecule has 7 heteroatoms. The number of aryl methyl sites for hydroxylation is 2. The minimum absolute atomic E-state index is 0.0420. The molecule has 6 nitrogen and oxygen atoms in total. The highest BCUT2D eigenvalue weighted by Gasteiger charge is 2.41. The van der Waals surface area contributed by atoms with E-state index < -0.39 is 0 Å². The molecule has 41 heavy (non-hydrogen) atoms. The molecule has 1 amide bonds. The first-order valence-corrected chi connectivity index (χ1v) is 14.3. The van der Waals surface area contributed by atoms with Gasteiger partial charge in [-0.3, -0.25) is 9.78 Å². The normalized spacial score (nSPS) is 16.7. The number of aromatic nitrogens is 2. The van der Waals surface area contributed by atoms with Crippen LogP contribution in [0.25, 0.3) is 16.5 Å². The summed E-state index contributed by atoms with van der Waals surface area (Å²) >= 11 is 5.88. The highest BCUT2D eigenvalue weighted by Crippen LogP contribution is 2.42. The molecule has 1 saturated heterocycles. The van der Waals surface area contributed by atoms with Gasteiger partial charge in [0.2, 0.25) is 5.91 Å². The molecule has 0 spiro atoms. The zero-order valence-electron chi connectivity index (χ0n) is 23.5. The Bertz CT molecular complexity index is 1740. The van der Waals surface area contributed by atoms with E-state index in [0.717, 1.165) is 39.6 Å². The molecule has 3 aromatic carbocycles. The van der Waals surface area contributed by atoms with Crippen molar-refractivity contribution in [3.05, 3.63) is 125 Å². The summed E-state index contributed by atoms with van der Waals surface area (Å²) in [4.78, 5) is 19.8. The fraction of sp³-hybridized carbons (Fsp3) is 0.206. The Morgan fingerprint density at radius 1 is 0.951 bits per heavy atom. The van der Waals surface area contributed by atoms with Crippen LogP contribution in [-0.2, 0) is 4.79 Å². The third-order valence-electron chi connectivity index (χ3n) is 7.88. The van der Waals surface area contributed by atoms with Gasteiger partial charge in [0.05, 0.1) is 23.5 Å². The number of thiocarbonyl (C=S) groups is 1. The van der Waals surface area contributed by atoms with Crippen LogP contribution in [0.4, 0.5) is 5.69 Å². The van der Waals surface area contributed by atoms with Crippen molar-refractivity contribution in [1.82, 2.24) is 19.8 Å². The Morgan fingerprint density at radius 2 is 1.73 bits per heavy atom. The van der Waals surface area contributed by atoms with Gasteiger partial charge in [-0.05, 0) is 85.9 Å². The number of carbonyl (C=O) groups excluding carboxylic acids is 1. The van der Waals surface area contributed by atoms with Crippen molar-refractivity contribution in [3.8, 4) is 5.69 Å². The molecule has 1 aliphatic rings. The van der Waals surface area contributed by atoms with Crippen LogP contribution in [-0.4, -0.2) is 32.0 Å². The number of carbonyl (C=O) groups is 1. The number of anilines is 1. The van der Waals surface area contributed by atoms with Gasteiger partial charge in [0.15, 0.2) is 5.11 Å². The van der Waals surface area contributed by atoms with E-state index in [1.165, 1.54) is 10.8 Å². The fourth-order valence-electron chi connectivity index (χ4n) is 6.01. The number of pyridine rings is 1. The number of nitrogens with one attached hydrogen (secondary N) is 2. The second kappa shape index (κ2) is 11.2. The zero-order chi connectivity index (χ0) is 28.5. The molecular weight excluding hydrogens is 526 g/mol. The maximum absolute atomic E-state index is 13.0. The van der Waals surface area contributed by atoms with E-state index in [4.69, 9.17) is 12.2 Å². The number of amides is 1. The maximum Gasteiger partial charge on any atom is 0.226 e. The smallest absolute Gasteiger partial charge is 0.226 e. The van der Waals surface area contributed by atoms with E-state index >= 15 is 0 Å². The van der Waals surface area contributed by atoms with Crippen LogP contribution in [0.5, 0.6) is 0 Å². The lowest BCUT2D eigenvalue weighted by atomic mass is 9.96. The van der Waals surface area contributed by atoms with E-state index in [0.29, 0.717) is 18.1 Å². The second-order valence-electron chi connectivity index (χ2n) is 10.6. The van der Waals surface area contributed by atoms with Gasteiger partial charge in [-0.25, -0.2) is 0 Å². The average Bonchev–Trinajstić information content (AvgIpc) is 3.46. The quantitative estimate of drug-likeness (QED) is 0.211. The van der Waals surface area contributed by atoms with Gasteiger partial charge in [0.1, 0.15) is 0 Å². The third kappa shape index (κ3) is 5.21. The Balaban J connectivity index is 1.36. The van der Waals surface area contributed by atoms with Gasteiger partial charge in [0, 0.05) is 41.6 Å². The molecular formula is C34H33N5OS. The molecule has 0 radical (unpaired) electrons. The van der Waals surface area contributed by atoms with Crippen molar-refractivity contribution < 1.29 is 4.79 Å². The van der Waals surface area contributed by atoms with Crippen LogP contribution < -0.4 is 10.6 Å². The molecule has 0 aliphatic carbocycles. The first-order valence-electron chi connectivity index (χ1n) is 13.9. The van der Waals surface area contributed by atoms with Gasteiger partial charge < -0.3 is 20.1 Å². The number of nitrogens with zero attached hydrogens (tertiary/aromatic N) is 3. The summed E-state index contributed by atoms with van der Waals surface area (Å²) < 4.78 is 2.33. The molecule has 2 aromatic heterocycles. The van der Waals surface area contributed by atoms with E-state index in [2.05, 4.69) is 87.5 Å². The van der Waals surface area contributed by atoms with E-state index in [-0.39, 0.29) is 18.0 Å². The van der Waals surface area contributed by atoms with Gasteiger partial charge in [0.25, 0.3) is 0 Å². The monoisotopic (exact) mass is 559 g/mol. The SMILES string of the molecule is Cc1cccc(NC(=O)CCN2C(=S)N[C@@H](c3ccccn3)[C@@H]2c2cc(C)n(-c3cccc4ccccc34)c2C)c1. The minimum atomic E-state index is -0.148. The maximum atomic E-state index is 13.0. The molecule has 1 fully saturated rings. The number of rotatable bonds is 7. The summed E-state index contributed by atoms with van der Waals surface area (Å²) in [5.41, 5.74) is 7.43. The van der Waals surface area contributed by atoms with Crippen molar-refractivity contribution in [1.29, 1.82) is 0 Å². The van der Waals surface area contributed by atoms with E-state index in [9.17, 15) is 4.79 Å². The number of benzene rings is 3. The summed E-state index contributed by atoms with van der Waals surface area (Å²) in [5, 5.41) is 9.60. The van der Waals surface area contributed by atoms with Gasteiger partial charge >= 0.3 is 0 Å². The topological polar surface area (TPSA) is 62.2 Å². The Labute approximate surface area is 246 Å². The van der Waals surface area contributed by atoms with Crippen LogP contribution in [0, 0.1) is 20.8 Å². The summed E-state index contributed by atoms with van der Waals surface area (Å²) in [7, 11) is 0. The molecule has 2 atom stereocenters. The summed E-state index contributed by atoms with van der Waals surface area (Å²) in [5.74, 6) is -0.0420. The van der Waals surface area contributed by atoms with Crippen LogP contribution in [0.3, 0.4) is 0 Å². The third-order valence-corrected chi connectivity index (χ3v) is 8.23. The molecule has 206 valence electrons. The van der Waals surface area contributed by atoms with Crippen molar-refractivity contribution >= 4 is 39.7 Å². The van der Waals surface area contributed by atoms with E-state index in [1.54, 1.807) is 0 Å². The van der Waals surface area contributed by atoms with Gasteiger partial charge in [-0.2, -0.15) is 0 Å². The standard InChI is InChI=1S/C34H33N5OS/c1-22-10-8-13-26(20-22)36-31(40)17-19-38-33(32(37-34(38)41)29-15-6-7-18-35-29)28-21-23(2)39(24(28)3)30-16-9-12-25-11-4-5-14-27(25)30/h4-16,18,20-21,32-33H,17,19H2,1-3H3,(H,36,40)(H,37,41)/t32-,33-/m0/s1. The summed E-state index contributed by atoms with van der Waals surface area (Å²) in [6.07, 6.45) is 2.12. The first-order chi connectivity index (χ1) is 19.9. The Hall–Kier alpha value is -4.49.